The lowest BCUT2D eigenvalue weighted by molar-refractivity contribution is 0.616. The van der Waals surface area contributed by atoms with Gasteiger partial charge < -0.3 is 5.73 Å². The van der Waals surface area contributed by atoms with E-state index in [1.54, 1.807) is 4.90 Å². The summed E-state index contributed by atoms with van der Waals surface area (Å²) in [4.78, 5) is 9.56. The second-order valence-electron chi connectivity index (χ2n) is 5.41. The minimum absolute atomic E-state index is 0.0340. The Morgan fingerprint density at radius 3 is 2.04 bits per heavy atom. The standard InChI is InChI=1S/C18H17FN4/c1-12-5-3-7-14(9-12)23(15-8-4-6-13(2)10-15)17-16(19)11-21-18(20)22-17/h3-11H,1-2H3,(H2,20,21,22). The molecule has 2 aromatic carbocycles. The van der Waals surface area contributed by atoms with Gasteiger partial charge in [-0.05, 0) is 49.2 Å². The topological polar surface area (TPSA) is 55.0 Å². The summed E-state index contributed by atoms with van der Waals surface area (Å²) in [6, 6.07) is 15.6. The lowest BCUT2D eigenvalue weighted by atomic mass is 10.1. The molecule has 3 aromatic rings. The van der Waals surface area contributed by atoms with Gasteiger partial charge in [-0.2, -0.15) is 4.98 Å². The molecule has 0 amide bonds. The Morgan fingerprint density at radius 2 is 1.52 bits per heavy atom. The van der Waals surface area contributed by atoms with Crippen LogP contribution in [-0.2, 0) is 0 Å². The van der Waals surface area contributed by atoms with Gasteiger partial charge in [0, 0.05) is 11.4 Å². The fraction of sp³-hybridized carbons (Fsp3) is 0.111. The second-order valence-corrected chi connectivity index (χ2v) is 5.41. The average molecular weight is 308 g/mol. The molecule has 0 aliphatic carbocycles. The fourth-order valence-electron chi connectivity index (χ4n) is 2.46. The quantitative estimate of drug-likeness (QED) is 0.784. The maximum absolute atomic E-state index is 14.4. The fourth-order valence-corrected chi connectivity index (χ4v) is 2.46. The van der Waals surface area contributed by atoms with Gasteiger partial charge in [0.15, 0.2) is 11.6 Å². The number of aryl methyl sites for hydroxylation is 2. The van der Waals surface area contributed by atoms with E-state index < -0.39 is 5.82 Å². The van der Waals surface area contributed by atoms with Gasteiger partial charge in [0.2, 0.25) is 5.95 Å². The van der Waals surface area contributed by atoms with Crippen molar-refractivity contribution in [1.82, 2.24) is 9.97 Å². The van der Waals surface area contributed by atoms with Gasteiger partial charge in [-0.15, -0.1) is 0 Å². The Morgan fingerprint density at radius 1 is 0.957 bits per heavy atom. The van der Waals surface area contributed by atoms with E-state index in [9.17, 15) is 4.39 Å². The predicted octanol–water partition coefficient (Wildman–Crippen LogP) is 4.28. The number of rotatable bonds is 3. The average Bonchev–Trinajstić information content (AvgIpc) is 2.51. The first kappa shape index (κ1) is 15.0. The largest absolute Gasteiger partial charge is 0.368 e. The molecule has 0 aliphatic rings. The molecule has 116 valence electrons. The summed E-state index contributed by atoms with van der Waals surface area (Å²) in [5.41, 5.74) is 9.43. The van der Waals surface area contributed by atoms with Crippen LogP contribution in [0.1, 0.15) is 11.1 Å². The van der Waals surface area contributed by atoms with Crippen molar-refractivity contribution in [2.75, 3.05) is 10.6 Å². The van der Waals surface area contributed by atoms with E-state index in [1.807, 2.05) is 62.4 Å². The van der Waals surface area contributed by atoms with Crippen LogP contribution in [0.5, 0.6) is 0 Å². The third-order valence-electron chi connectivity index (χ3n) is 3.48. The van der Waals surface area contributed by atoms with E-state index in [4.69, 9.17) is 5.73 Å². The molecule has 0 atom stereocenters. The van der Waals surface area contributed by atoms with Crippen molar-refractivity contribution in [3.05, 3.63) is 71.7 Å². The van der Waals surface area contributed by atoms with Crippen LogP contribution in [0, 0.1) is 19.7 Å². The third-order valence-corrected chi connectivity index (χ3v) is 3.48. The van der Waals surface area contributed by atoms with Crippen LogP contribution in [0.3, 0.4) is 0 Å². The lowest BCUT2D eigenvalue weighted by Crippen LogP contribution is -2.15. The van der Waals surface area contributed by atoms with Crippen molar-refractivity contribution in [3.63, 3.8) is 0 Å². The van der Waals surface area contributed by atoms with Crippen molar-refractivity contribution < 1.29 is 4.39 Å². The zero-order valence-corrected chi connectivity index (χ0v) is 13.0. The molecule has 0 aliphatic heterocycles. The molecule has 0 unspecified atom stereocenters. The molecule has 4 nitrogen and oxygen atoms in total. The first-order chi connectivity index (χ1) is 11.0. The molecule has 3 rings (SSSR count). The number of anilines is 4. The molecule has 2 N–H and O–H groups in total. The number of nitrogens with zero attached hydrogens (tertiary/aromatic N) is 3. The summed E-state index contributed by atoms with van der Waals surface area (Å²) in [6.45, 7) is 3.98. The maximum Gasteiger partial charge on any atom is 0.222 e. The summed E-state index contributed by atoms with van der Waals surface area (Å²) >= 11 is 0. The minimum atomic E-state index is -0.526. The van der Waals surface area contributed by atoms with Gasteiger partial charge in [-0.3, -0.25) is 4.90 Å². The van der Waals surface area contributed by atoms with Crippen molar-refractivity contribution in [3.8, 4) is 0 Å². The molecule has 5 heteroatoms. The van der Waals surface area contributed by atoms with E-state index in [1.165, 1.54) is 0 Å². The predicted molar refractivity (Wildman–Crippen MR) is 90.6 cm³/mol. The summed E-state index contributed by atoms with van der Waals surface area (Å²) < 4.78 is 14.4. The minimum Gasteiger partial charge on any atom is -0.368 e. The summed E-state index contributed by atoms with van der Waals surface area (Å²) in [5.74, 6) is -0.359. The molecule has 0 spiro atoms. The molecule has 0 saturated carbocycles. The molecule has 0 fully saturated rings. The Labute approximate surface area is 134 Å². The Balaban J connectivity index is 2.23. The lowest BCUT2D eigenvalue weighted by Gasteiger charge is -2.25. The second kappa shape index (κ2) is 6.04. The van der Waals surface area contributed by atoms with Gasteiger partial charge in [0.25, 0.3) is 0 Å². The Hall–Kier alpha value is -2.95. The van der Waals surface area contributed by atoms with E-state index in [2.05, 4.69) is 9.97 Å². The Kier molecular flexibility index (Phi) is 3.93. The molecule has 23 heavy (non-hydrogen) atoms. The maximum atomic E-state index is 14.4. The molecule has 1 heterocycles. The van der Waals surface area contributed by atoms with Crippen LogP contribution < -0.4 is 10.6 Å². The van der Waals surface area contributed by atoms with Gasteiger partial charge in [-0.25, -0.2) is 9.37 Å². The van der Waals surface area contributed by atoms with E-state index in [0.717, 1.165) is 28.7 Å². The molecular formula is C18H17FN4. The third kappa shape index (κ3) is 3.13. The number of nitrogens with two attached hydrogens (primary N) is 1. The molecule has 0 radical (unpaired) electrons. The summed E-state index contributed by atoms with van der Waals surface area (Å²) in [5, 5.41) is 0. The summed E-state index contributed by atoms with van der Waals surface area (Å²) in [6.07, 6.45) is 1.09. The smallest absolute Gasteiger partial charge is 0.222 e. The normalized spacial score (nSPS) is 10.6. The SMILES string of the molecule is Cc1cccc(N(c2cccc(C)c2)c2nc(N)ncc2F)c1. The van der Waals surface area contributed by atoms with Crippen molar-refractivity contribution >= 4 is 23.1 Å². The van der Waals surface area contributed by atoms with E-state index in [-0.39, 0.29) is 11.8 Å². The van der Waals surface area contributed by atoms with Gasteiger partial charge in [-0.1, -0.05) is 24.3 Å². The van der Waals surface area contributed by atoms with Crippen LogP contribution >= 0.6 is 0 Å². The van der Waals surface area contributed by atoms with E-state index in [0.29, 0.717) is 0 Å². The first-order valence-electron chi connectivity index (χ1n) is 7.26. The molecular weight excluding hydrogens is 291 g/mol. The molecule has 1 aromatic heterocycles. The number of halogens is 1. The highest BCUT2D eigenvalue weighted by atomic mass is 19.1. The van der Waals surface area contributed by atoms with Crippen LogP contribution in [0.4, 0.5) is 27.5 Å². The number of benzene rings is 2. The highest BCUT2D eigenvalue weighted by Crippen LogP contribution is 2.35. The Bertz CT molecular complexity index is 802. The number of nitrogen functional groups attached to an aromatic ring is 1. The first-order valence-corrected chi connectivity index (χ1v) is 7.26. The highest BCUT2D eigenvalue weighted by molar-refractivity contribution is 5.75. The van der Waals surface area contributed by atoms with Crippen LogP contribution in [0.25, 0.3) is 0 Å². The monoisotopic (exact) mass is 308 g/mol. The van der Waals surface area contributed by atoms with Gasteiger partial charge >= 0.3 is 0 Å². The zero-order valence-electron chi connectivity index (χ0n) is 13.0. The number of aromatic nitrogens is 2. The van der Waals surface area contributed by atoms with Crippen molar-refractivity contribution in [2.45, 2.75) is 13.8 Å². The highest BCUT2D eigenvalue weighted by Gasteiger charge is 2.19. The number of hydrogen-bond acceptors (Lipinski definition) is 4. The molecule has 0 saturated heterocycles. The molecule has 0 bridgehead atoms. The van der Waals surface area contributed by atoms with Crippen LogP contribution in [-0.4, -0.2) is 9.97 Å². The van der Waals surface area contributed by atoms with Crippen molar-refractivity contribution in [1.29, 1.82) is 0 Å². The van der Waals surface area contributed by atoms with E-state index >= 15 is 0 Å². The number of hydrogen-bond donors (Lipinski definition) is 1. The van der Waals surface area contributed by atoms with Crippen LogP contribution in [0.15, 0.2) is 54.7 Å². The zero-order chi connectivity index (χ0) is 16.4. The van der Waals surface area contributed by atoms with Crippen molar-refractivity contribution in [2.24, 2.45) is 0 Å². The van der Waals surface area contributed by atoms with Gasteiger partial charge in [0.1, 0.15) is 0 Å². The van der Waals surface area contributed by atoms with Gasteiger partial charge in [0.05, 0.1) is 6.20 Å². The summed E-state index contributed by atoms with van der Waals surface area (Å²) in [7, 11) is 0. The van der Waals surface area contributed by atoms with Crippen LogP contribution in [0.2, 0.25) is 0 Å².